The largest absolute Gasteiger partial charge is 0.480 e. The molecule has 2 heterocycles. The number of amides is 2. The Hall–Kier alpha value is -2.75. The molecule has 0 saturated carbocycles. The lowest BCUT2D eigenvalue weighted by Crippen LogP contribution is -2.72. The van der Waals surface area contributed by atoms with Crippen LogP contribution < -0.4 is 5.32 Å². The molecule has 27 heavy (non-hydrogen) atoms. The van der Waals surface area contributed by atoms with E-state index in [1.165, 1.54) is 26.0 Å². The van der Waals surface area contributed by atoms with Crippen LogP contribution in [0.1, 0.15) is 25.3 Å². The molecule has 2 aliphatic rings. The molecule has 10 heteroatoms. The zero-order valence-corrected chi connectivity index (χ0v) is 15.3. The molecule has 5 atom stereocenters. The molecule has 2 saturated heterocycles. The van der Waals surface area contributed by atoms with Crippen LogP contribution in [-0.2, 0) is 30.0 Å². The number of rotatable bonds is 5. The van der Waals surface area contributed by atoms with E-state index in [9.17, 15) is 33.6 Å². The molecule has 2 fully saturated rings. The van der Waals surface area contributed by atoms with Gasteiger partial charge in [-0.3, -0.25) is 18.6 Å². The average molecular weight is 394 g/mol. The third-order valence-electron chi connectivity index (χ3n) is 4.93. The minimum Gasteiger partial charge on any atom is -0.480 e. The van der Waals surface area contributed by atoms with Gasteiger partial charge in [0, 0.05) is 0 Å². The smallest absolute Gasteiger partial charge is 0.328 e. The van der Waals surface area contributed by atoms with Gasteiger partial charge in [0.1, 0.15) is 17.5 Å². The summed E-state index contributed by atoms with van der Waals surface area (Å²) in [6, 6.07) is 5.31. The van der Waals surface area contributed by atoms with Crippen LogP contribution in [-0.4, -0.2) is 65.3 Å². The minimum absolute atomic E-state index is 0.238. The van der Waals surface area contributed by atoms with Crippen molar-refractivity contribution in [2.24, 2.45) is 0 Å². The van der Waals surface area contributed by atoms with E-state index in [0.717, 1.165) is 4.90 Å². The maximum Gasteiger partial charge on any atom is 0.328 e. The van der Waals surface area contributed by atoms with Gasteiger partial charge in [-0.15, -0.1) is 0 Å². The second-order valence-electron chi connectivity index (χ2n) is 6.95. The monoisotopic (exact) mass is 394 g/mol. The van der Waals surface area contributed by atoms with Crippen LogP contribution >= 0.6 is 0 Å². The lowest BCUT2D eigenvalue weighted by molar-refractivity contribution is -0.161. The van der Waals surface area contributed by atoms with Crippen molar-refractivity contribution < 1.29 is 33.6 Å². The molecule has 2 amide bonds. The molecule has 0 aromatic heterocycles. The Morgan fingerprint density at radius 1 is 1.19 bits per heavy atom. The number of fused-ring (bicyclic) bond motifs is 1. The molecule has 9 nitrogen and oxygen atoms in total. The van der Waals surface area contributed by atoms with Gasteiger partial charge in [0.15, 0.2) is 5.92 Å². The van der Waals surface area contributed by atoms with Gasteiger partial charge in [-0.2, -0.15) is 0 Å². The fourth-order valence-corrected chi connectivity index (χ4v) is 5.50. The van der Waals surface area contributed by atoms with E-state index in [-0.39, 0.29) is 5.56 Å². The molecule has 3 rings (SSSR count). The van der Waals surface area contributed by atoms with Crippen molar-refractivity contribution in [2.45, 2.75) is 42.0 Å². The summed E-state index contributed by atoms with van der Waals surface area (Å²) in [5, 5.41) is 20.2. The Kier molecular flexibility index (Phi) is 4.54. The number of carbonyl (C=O) groups excluding carboxylic acids is 2. The molecule has 1 aromatic rings. The molecule has 144 valence electrons. The molecule has 2 aliphatic heterocycles. The van der Waals surface area contributed by atoms with Gasteiger partial charge in [0.05, 0.1) is 15.5 Å². The molecule has 3 N–H and O–H groups in total. The highest BCUT2D eigenvalue weighted by atomic mass is 32.2. The molecule has 0 aliphatic carbocycles. The Bertz CT molecular complexity index is 854. The van der Waals surface area contributed by atoms with Gasteiger partial charge < -0.3 is 20.4 Å². The van der Waals surface area contributed by atoms with Gasteiger partial charge in [0.2, 0.25) is 11.8 Å². The topological polar surface area (TPSA) is 141 Å². The Labute approximate surface area is 156 Å². The van der Waals surface area contributed by atoms with Crippen LogP contribution in [0.25, 0.3) is 0 Å². The van der Waals surface area contributed by atoms with Gasteiger partial charge in [-0.25, -0.2) is 4.79 Å². The highest BCUT2D eigenvalue weighted by Gasteiger charge is 2.68. The Balaban J connectivity index is 1.84. The second kappa shape index (κ2) is 6.45. The van der Waals surface area contributed by atoms with Gasteiger partial charge >= 0.3 is 11.9 Å². The van der Waals surface area contributed by atoms with Crippen molar-refractivity contribution in [2.75, 3.05) is 0 Å². The molecular formula is C17H18N2O7S. The van der Waals surface area contributed by atoms with Crippen LogP contribution in [0.3, 0.4) is 0 Å². The first kappa shape index (κ1) is 19.0. The first-order valence-electron chi connectivity index (χ1n) is 8.12. The number of carboxylic acids is 2. The van der Waals surface area contributed by atoms with Crippen molar-refractivity contribution in [3.05, 3.63) is 35.9 Å². The normalized spacial score (nSPS) is 29.4. The zero-order valence-electron chi connectivity index (χ0n) is 14.5. The summed E-state index contributed by atoms with van der Waals surface area (Å²) < 4.78 is 11.5. The van der Waals surface area contributed by atoms with Crippen molar-refractivity contribution in [3.63, 3.8) is 0 Å². The number of aliphatic carboxylic acids is 2. The maximum absolute atomic E-state index is 12.7. The summed E-state index contributed by atoms with van der Waals surface area (Å²) >= 11 is 0. The van der Waals surface area contributed by atoms with E-state index in [4.69, 9.17) is 0 Å². The summed E-state index contributed by atoms with van der Waals surface area (Å²) in [5.41, 5.74) is 0.238. The lowest BCUT2D eigenvalue weighted by Gasteiger charge is -2.43. The second-order valence-corrected chi connectivity index (χ2v) is 9.08. The minimum atomic E-state index is -1.75. The number of carbonyl (C=O) groups is 4. The van der Waals surface area contributed by atoms with Gasteiger partial charge in [-0.05, 0) is 19.4 Å². The number of hydrogen-bond donors (Lipinski definition) is 3. The predicted octanol–water partition coefficient (Wildman–Crippen LogP) is -0.498. The van der Waals surface area contributed by atoms with E-state index in [0.29, 0.717) is 0 Å². The molecule has 0 spiro atoms. The standard InChI is InChI=1S/C17H18N2O7S/c1-17(2)11(16(24)25)19-13(21)10(14(19)27(17)26)18-12(20)9(15(22)23)8-6-4-3-5-7-8/h3-7,9-11,14H,1-2H3,(H,18,20)(H,22,23)(H,24,25)/t9-,10-,11+,14-,27-/m1/s1. The summed E-state index contributed by atoms with van der Waals surface area (Å²) in [4.78, 5) is 49.0. The predicted molar refractivity (Wildman–Crippen MR) is 93.0 cm³/mol. The van der Waals surface area contributed by atoms with E-state index < -0.39 is 62.7 Å². The summed E-state index contributed by atoms with van der Waals surface area (Å²) in [5.74, 6) is -5.80. The number of nitrogens with zero attached hydrogens (tertiary/aromatic N) is 1. The highest BCUT2D eigenvalue weighted by molar-refractivity contribution is 7.87. The van der Waals surface area contributed by atoms with Crippen molar-refractivity contribution in [3.8, 4) is 0 Å². The fourth-order valence-electron chi connectivity index (χ4n) is 3.58. The van der Waals surface area contributed by atoms with E-state index in [1.807, 2.05) is 0 Å². The molecule has 0 unspecified atom stereocenters. The summed E-state index contributed by atoms with van der Waals surface area (Å²) in [7, 11) is -1.75. The summed E-state index contributed by atoms with van der Waals surface area (Å²) in [6.45, 7) is 2.97. The molecular weight excluding hydrogens is 376 g/mol. The van der Waals surface area contributed by atoms with E-state index in [2.05, 4.69) is 5.32 Å². The van der Waals surface area contributed by atoms with E-state index in [1.54, 1.807) is 18.2 Å². The third kappa shape index (κ3) is 2.80. The SMILES string of the molecule is CC1(C)[C@H](C(=O)O)N2C(=O)[C@@H](NC(=O)[C@H](C(=O)O)c3ccccc3)[C@H]2[S@]1=O. The molecule has 1 aromatic carbocycles. The van der Waals surface area contributed by atoms with Crippen LogP contribution in [0.4, 0.5) is 0 Å². The van der Waals surface area contributed by atoms with Crippen molar-refractivity contribution in [1.82, 2.24) is 10.2 Å². The van der Waals surface area contributed by atoms with Crippen LogP contribution in [0, 0.1) is 0 Å². The number of β-lactam (4-membered cyclic amide) rings is 1. The quantitative estimate of drug-likeness (QED) is 0.452. The summed E-state index contributed by atoms with van der Waals surface area (Å²) in [6.07, 6.45) is 0. The molecule has 0 bridgehead atoms. The fraction of sp³-hybridized carbons (Fsp3) is 0.412. The number of hydrogen-bond acceptors (Lipinski definition) is 5. The van der Waals surface area contributed by atoms with Gasteiger partial charge in [0.25, 0.3) is 0 Å². The van der Waals surface area contributed by atoms with Crippen LogP contribution in [0.2, 0.25) is 0 Å². The van der Waals surface area contributed by atoms with Crippen molar-refractivity contribution in [1.29, 1.82) is 0 Å². The average Bonchev–Trinajstić information content (AvgIpc) is 2.78. The lowest BCUT2D eigenvalue weighted by atomic mass is 9.94. The van der Waals surface area contributed by atoms with Crippen LogP contribution in [0.5, 0.6) is 0 Å². The highest BCUT2D eigenvalue weighted by Crippen LogP contribution is 2.43. The maximum atomic E-state index is 12.7. The van der Waals surface area contributed by atoms with Crippen LogP contribution in [0.15, 0.2) is 30.3 Å². The number of carboxylic acid groups (broad SMARTS) is 2. The van der Waals surface area contributed by atoms with Crippen molar-refractivity contribution >= 4 is 34.6 Å². The molecule has 0 radical (unpaired) electrons. The number of nitrogens with one attached hydrogen (secondary N) is 1. The zero-order chi connectivity index (χ0) is 20.1. The first-order valence-corrected chi connectivity index (χ1v) is 9.34. The first-order chi connectivity index (χ1) is 12.6. The van der Waals surface area contributed by atoms with E-state index >= 15 is 0 Å². The Morgan fingerprint density at radius 3 is 2.30 bits per heavy atom. The Morgan fingerprint density at radius 2 is 1.78 bits per heavy atom. The number of benzene rings is 1. The van der Waals surface area contributed by atoms with Gasteiger partial charge in [-0.1, -0.05) is 30.3 Å². The third-order valence-corrected chi connectivity index (χ3v) is 7.13.